The molecular formula is C16H14BrN3. The van der Waals surface area contributed by atoms with Crippen molar-refractivity contribution in [3.63, 3.8) is 0 Å². The molecule has 100 valence electrons. The third-order valence-corrected chi connectivity index (χ3v) is 4.48. The highest BCUT2D eigenvalue weighted by Gasteiger charge is 2.24. The van der Waals surface area contributed by atoms with E-state index in [1.807, 2.05) is 6.20 Å². The fraction of sp³-hybridized carbons (Fsp3) is 0.250. The van der Waals surface area contributed by atoms with E-state index in [-0.39, 0.29) is 0 Å². The van der Waals surface area contributed by atoms with Gasteiger partial charge in [-0.2, -0.15) is 0 Å². The molecule has 1 aliphatic carbocycles. The van der Waals surface area contributed by atoms with Crippen molar-refractivity contribution < 1.29 is 0 Å². The van der Waals surface area contributed by atoms with E-state index in [9.17, 15) is 0 Å². The summed E-state index contributed by atoms with van der Waals surface area (Å²) in [6.07, 6.45) is 7.13. The summed E-state index contributed by atoms with van der Waals surface area (Å²) < 4.78 is 3.13. The van der Waals surface area contributed by atoms with Crippen molar-refractivity contribution >= 4 is 21.7 Å². The van der Waals surface area contributed by atoms with Gasteiger partial charge in [0.05, 0.1) is 10.2 Å². The number of nitrogens with zero attached hydrogens (tertiary/aromatic N) is 3. The summed E-state index contributed by atoms with van der Waals surface area (Å²) in [4.78, 5) is 9.04. The summed E-state index contributed by atoms with van der Waals surface area (Å²) >= 11 is 3.49. The number of aromatic nitrogens is 3. The largest absolute Gasteiger partial charge is 0.287 e. The van der Waals surface area contributed by atoms with Crippen LogP contribution in [0.3, 0.4) is 0 Å². The first-order valence-electron chi connectivity index (χ1n) is 6.87. The summed E-state index contributed by atoms with van der Waals surface area (Å²) in [6, 6.07) is 10.8. The molecule has 2 aromatic heterocycles. The van der Waals surface area contributed by atoms with Crippen LogP contribution in [0.1, 0.15) is 29.3 Å². The van der Waals surface area contributed by atoms with Gasteiger partial charge in [-0.1, -0.05) is 30.3 Å². The lowest BCUT2D eigenvalue weighted by Gasteiger charge is -2.22. The first-order valence-corrected chi connectivity index (χ1v) is 7.67. The average Bonchev–Trinajstić information content (AvgIpc) is 2.85. The first-order chi connectivity index (χ1) is 9.81. The maximum Gasteiger partial charge on any atom is 0.234 e. The Kier molecular flexibility index (Phi) is 2.84. The lowest BCUT2D eigenvalue weighted by atomic mass is 9.84. The molecule has 4 heteroatoms. The number of fused-ring (bicyclic) bond motifs is 3. The van der Waals surface area contributed by atoms with Crippen molar-refractivity contribution in [3.8, 4) is 0 Å². The van der Waals surface area contributed by atoms with E-state index in [0.29, 0.717) is 5.92 Å². The zero-order valence-electron chi connectivity index (χ0n) is 11.0. The second kappa shape index (κ2) is 4.70. The highest BCUT2D eigenvalue weighted by Crippen LogP contribution is 2.32. The quantitative estimate of drug-likeness (QED) is 0.681. The van der Waals surface area contributed by atoms with E-state index in [1.54, 1.807) is 0 Å². The van der Waals surface area contributed by atoms with Crippen LogP contribution in [0.2, 0.25) is 0 Å². The Morgan fingerprint density at radius 3 is 2.90 bits per heavy atom. The molecule has 0 fully saturated rings. The van der Waals surface area contributed by atoms with Crippen LogP contribution in [0.4, 0.5) is 0 Å². The number of aryl methyl sites for hydroxylation is 1. The van der Waals surface area contributed by atoms with E-state index >= 15 is 0 Å². The van der Waals surface area contributed by atoms with Gasteiger partial charge < -0.3 is 0 Å². The van der Waals surface area contributed by atoms with Gasteiger partial charge in [-0.15, -0.1) is 0 Å². The summed E-state index contributed by atoms with van der Waals surface area (Å²) in [6.45, 7) is 0. The van der Waals surface area contributed by atoms with Crippen LogP contribution in [-0.2, 0) is 12.8 Å². The van der Waals surface area contributed by atoms with Crippen LogP contribution >= 0.6 is 15.9 Å². The molecule has 0 amide bonds. The number of imidazole rings is 1. The maximum atomic E-state index is 4.65. The van der Waals surface area contributed by atoms with Crippen molar-refractivity contribution in [3.05, 3.63) is 64.1 Å². The smallest absolute Gasteiger partial charge is 0.234 e. The Morgan fingerprint density at radius 2 is 2.05 bits per heavy atom. The Hall–Kier alpha value is -1.68. The highest BCUT2D eigenvalue weighted by molar-refractivity contribution is 9.10. The molecule has 0 bridgehead atoms. The molecule has 0 saturated carbocycles. The number of hydrogen-bond donors (Lipinski definition) is 0. The predicted molar refractivity (Wildman–Crippen MR) is 81.9 cm³/mol. The molecule has 1 aromatic carbocycles. The average molecular weight is 328 g/mol. The van der Waals surface area contributed by atoms with E-state index in [2.05, 4.69) is 66.8 Å². The fourth-order valence-corrected chi connectivity index (χ4v) is 3.38. The van der Waals surface area contributed by atoms with Crippen LogP contribution in [0.15, 0.2) is 47.2 Å². The SMILES string of the molecule is Brc1cnc2nc3c(n2c1)CC(c1ccccc1)CC3. The molecule has 4 rings (SSSR count). The van der Waals surface area contributed by atoms with Crippen molar-refractivity contribution in [1.29, 1.82) is 0 Å². The lowest BCUT2D eigenvalue weighted by molar-refractivity contribution is 0.567. The van der Waals surface area contributed by atoms with Crippen LogP contribution in [-0.4, -0.2) is 14.4 Å². The molecule has 0 spiro atoms. The minimum atomic E-state index is 0.586. The van der Waals surface area contributed by atoms with Gasteiger partial charge in [-0.05, 0) is 46.7 Å². The predicted octanol–water partition coefficient (Wildman–Crippen LogP) is 3.76. The fourth-order valence-electron chi connectivity index (χ4n) is 3.07. The number of halogens is 1. The third kappa shape index (κ3) is 1.95. The van der Waals surface area contributed by atoms with Crippen LogP contribution in [0.25, 0.3) is 5.78 Å². The van der Waals surface area contributed by atoms with Gasteiger partial charge in [0.25, 0.3) is 0 Å². The van der Waals surface area contributed by atoms with Gasteiger partial charge in [0.15, 0.2) is 0 Å². The summed E-state index contributed by atoms with van der Waals surface area (Å²) in [5.74, 6) is 1.40. The molecule has 1 unspecified atom stereocenters. The Bertz CT molecular complexity index is 764. The summed E-state index contributed by atoms with van der Waals surface area (Å²) in [7, 11) is 0. The van der Waals surface area contributed by atoms with Crippen molar-refractivity contribution in [2.24, 2.45) is 0 Å². The monoisotopic (exact) mass is 327 g/mol. The molecule has 3 nitrogen and oxygen atoms in total. The van der Waals surface area contributed by atoms with E-state index in [4.69, 9.17) is 0 Å². The highest BCUT2D eigenvalue weighted by atomic mass is 79.9. The topological polar surface area (TPSA) is 30.2 Å². The standard InChI is InChI=1S/C16H14BrN3/c17-13-9-18-16-19-14-7-6-12(8-15(14)20(16)10-13)11-4-2-1-3-5-11/h1-5,9-10,12H,6-8H2. The van der Waals surface area contributed by atoms with Gasteiger partial charge in [0, 0.05) is 18.1 Å². The molecular weight excluding hydrogens is 314 g/mol. The molecule has 1 aliphatic rings. The van der Waals surface area contributed by atoms with E-state index in [0.717, 1.165) is 23.1 Å². The van der Waals surface area contributed by atoms with Gasteiger partial charge >= 0.3 is 0 Å². The maximum absolute atomic E-state index is 4.65. The van der Waals surface area contributed by atoms with E-state index in [1.165, 1.54) is 23.4 Å². The van der Waals surface area contributed by atoms with Gasteiger partial charge in [-0.25, -0.2) is 9.97 Å². The van der Waals surface area contributed by atoms with Crippen molar-refractivity contribution in [2.75, 3.05) is 0 Å². The molecule has 2 heterocycles. The molecule has 0 radical (unpaired) electrons. The number of benzene rings is 1. The van der Waals surface area contributed by atoms with E-state index < -0.39 is 0 Å². The van der Waals surface area contributed by atoms with Gasteiger partial charge in [0.1, 0.15) is 0 Å². The summed E-state index contributed by atoms with van der Waals surface area (Å²) in [5, 5.41) is 0. The van der Waals surface area contributed by atoms with Crippen LogP contribution in [0.5, 0.6) is 0 Å². The third-order valence-electron chi connectivity index (χ3n) is 4.07. The molecule has 20 heavy (non-hydrogen) atoms. The minimum absolute atomic E-state index is 0.586. The first kappa shape index (κ1) is 12.1. The molecule has 1 atom stereocenters. The normalized spacial score (nSPS) is 18.1. The van der Waals surface area contributed by atoms with Crippen LogP contribution < -0.4 is 0 Å². The number of rotatable bonds is 1. The molecule has 0 N–H and O–H groups in total. The Morgan fingerprint density at radius 1 is 1.20 bits per heavy atom. The Labute approximate surface area is 125 Å². The Balaban J connectivity index is 1.78. The second-order valence-corrected chi connectivity index (χ2v) is 6.21. The minimum Gasteiger partial charge on any atom is -0.287 e. The zero-order valence-corrected chi connectivity index (χ0v) is 12.5. The van der Waals surface area contributed by atoms with Crippen molar-refractivity contribution in [1.82, 2.24) is 14.4 Å². The van der Waals surface area contributed by atoms with Gasteiger partial charge in [0.2, 0.25) is 5.78 Å². The second-order valence-electron chi connectivity index (χ2n) is 5.30. The lowest BCUT2D eigenvalue weighted by Crippen LogP contribution is -2.13. The van der Waals surface area contributed by atoms with Crippen molar-refractivity contribution in [2.45, 2.75) is 25.2 Å². The van der Waals surface area contributed by atoms with Gasteiger partial charge in [-0.3, -0.25) is 4.40 Å². The zero-order chi connectivity index (χ0) is 13.5. The number of hydrogen-bond acceptors (Lipinski definition) is 2. The van der Waals surface area contributed by atoms with Crippen LogP contribution in [0, 0.1) is 0 Å². The molecule has 0 aliphatic heterocycles. The molecule has 3 aromatic rings. The molecule has 0 saturated heterocycles. The summed E-state index contributed by atoms with van der Waals surface area (Å²) in [5.41, 5.74) is 3.95.